The molecule has 0 fully saturated rings. The van der Waals surface area contributed by atoms with Crippen LogP contribution in [0.1, 0.15) is 23.1 Å². The summed E-state index contributed by atoms with van der Waals surface area (Å²) in [5.74, 6) is -0.00581. The molecule has 4 aromatic rings. The topological polar surface area (TPSA) is 81.8 Å². The number of carbonyl (C=O) groups is 1. The number of carbonyl (C=O) groups excluding carboxylic acids is 1. The van der Waals surface area contributed by atoms with Crippen LogP contribution in [0.4, 0.5) is 0 Å². The third-order valence-electron chi connectivity index (χ3n) is 5.23. The highest BCUT2D eigenvalue weighted by atomic mass is 16.1. The van der Waals surface area contributed by atoms with Crippen LogP contribution in [-0.4, -0.2) is 31.8 Å². The highest BCUT2D eigenvalue weighted by Gasteiger charge is 2.11. The first kappa shape index (κ1) is 20.5. The van der Waals surface area contributed by atoms with Crippen molar-refractivity contribution in [1.29, 1.82) is 0 Å². The molecule has 0 unspecified atom stereocenters. The van der Waals surface area contributed by atoms with Gasteiger partial charge in [-0.3, -0.25) is 14.2 Å². The Kier molecular flexibility index (Phi) is 6.21. The van der Waals surface area contributed by atoms with E-state index in [1.807, 2.05) is 61.5 Å². The van der Waals surface area contributed by atoms with Crippen LogP contribution in [0.3, 0.4) is 0 Å². The zero-order valence-electron chi connectivity index (χ0n) is 17.5. The number of aryl methyl sites for hydroxylation is 2. The fourth-order valence-corrected chi connectivity index (χ4v) is 3.46. The fraction of sp³-hybridized carbons (Fsp3) is 0.250. The van der Waals surface area contributed by atoms with E-state index in [1.54, 1.807) is 21.8 Å². The third kappa shape index (κ3) is 5.06. The van der Waals surface area contributed by atoms with Crippen molar-refractivity contribution in [2.24, 2.45) is 0 Å². The van der Waals surface area contributed by atoms with Gasteiger partial charge in [0, 0.05) is 13.0 Å². The van der Waals surface area contributed by atoms with E-state index in [0.717, 1.165) is 11.1 Å². The summed E-state index contributed by atoms with van der Waals surface area (Å²) in [4.78, 5) is 29.3. The number of aromatic nitrogens is 4. The molecule has 7 nitrogen and oxygen atoms in total. The van der Waals surface area contributed by atoms with Crippen molar-refractivity contribution in [2.45, 2.75) is 32.9 Å². The Morgan fingerprint density at radius 1 is 1.03 bits per heavy atom. The van der Waals surface area contributed by atoms with Crippen molar-refractivity contribution in [2.75, 3.05) is 6.54 Å². The summed E-state index contributed by atoms with van der Waals surface area (Å²) in [6.07, 6.45) is 4.25. The van der Waals surface area contributed by atoms with Gasteiger partial charge in [-0.05, 0) is 24.5 Å². The van der Waals surface area contributed by atoms with Gasteiger partial charge < -0.3 is 5.32 Å². The van der Waals surface area contributed by atoms with Crippen LogP contribution in [0.5, 0.6) is 0 Å². The van der Waals surface area contributed by atoms with Crippen molar-refractivity contribution in [1.82, 2.24) is 24.6 Å². The van der Waals surface area contributed by atoms with Gasteiger partial charge >= 0.3 is 0 Å². The van der Waals surface area contributed by atoms with Gasteiger partial charge in [0.25, 0.3) is 5.56 Å². The lowest BCUT2D eigenvalue weighted by atomic mass is 10.1. The molecule has 4 rings (SSSR count). The Morgan fingerprint density at radius 3 is 2.58 bits per heavy atom. The zero-order valence-corrected chi connectivity index (χ0v) is 17.5. The summed E-state index contributed by atoms with van der Waals surface area (Å²) in [5, 5.41) is 7.68. The summed E-state index contributed by atoms with van der Waals surface area (Å²) < 4.78 is 3.24. The molecule has 1 amide bonds. The van der Waals surface area contributed by atoms with Crippen LogP contribution >= 0.6 is 0 Å². The highest BCUT2D eigenvalue weighted by Crippen LogP contribution is 2.08. The number of fused-ring (bicyclic) bond motifs is 1. The van der Waals surface area contributed by atoms with Gasteiger partial charge in [0.1, 0.15) is 11.7 Å². The summed E-state index contributed by atoms with van der Waals surface area (Å²) in [5.41, 5.74) is 3.77. The first-order valence-corrected chi connectivity index (χ1v) is 10.4. The molecule has 7 heteroatoms. The molecule has 2 aromatic heterocycles. The Morgan fingerprint density at radius 2 is 1.81 bits per heavy atom. The van der Waals surface area contributed by atoms with Crippen molar-refractivity contribution >= 4 is 16.9 Å². The van der Waals surface area contributed by atoms with Crippen LogP contribution in [0, 0.1) is 6.92 Å². The van der Waals surface area contributed by atoms with Crippen molar-refractivity contribution in [3.05, 3.63) is 94.2 Å². The Labute approximate surface area is 180 Å². The van der Waals surface area contributed by atoms with Crippen LogP contribution in [0.2, 0.25) is 0 Å². The van der Waals surface area contributed by atoms with E-state index in [2.05, 4.69) is 15.4 Å². The predicted molar refractivity (Wildman–Crippen MR) is 120 cm³/mol. The Balaban J connectivity index is 1.35. The third-order valence-corrected chi connectivity index (χ3v) is 5.23. The lowest BCUT2D eigenvalue weighted by Gasteiger charge is -2.08. The molecule has 0 saturated carbocycles. The van der Waals surface area contributed by atoms with Crippen LogP contribution < -0.4 is 10.9 Å². The maximum absolute atomic E-state index is 12.8. The number of rotatable bonds is 8. The van der Waals surface area contributed by atoms with Gasteiger partial charge in [-0.15, -0.1) is 0 Å². The molecule has 0 radical (unpaired) electrons. The minimum Gasteiger partial charge on any atom is -0.354 e. The van der Waals surface area contributed by atoms with E-state index in [-0.39, 0.29) is 11.5 Å². The van der Waals surface area contributed by atoms with Crippen molar-refractivity contribution < 1.29 is 4.79 Å². The summed E-state index contributed by atoms with van der Waals surface area (Å²) in [6, 6.07) is 18.0. The quantitative estimate of drug-likeness (QED) is 0.480. The molecule has 158 valence electrons. The number of hydrogen-bond acceptors (Lipinski definition) is 4. The smallest absolute Gasteiger partial charge is 0.264 e. The lowest BCUT2D eigenvalue weighted by Crippen LogP contribution is -2.28. The van der Waals surface area contributed by atoms with Crippen LogP contribution in [0.25, 0.3) is 11.0 Å². The molecular weight excluding hydrogens is 390 g/mol. The fourth-order valence-electron chi connectivity index (χ4n) is 3.46. The molecule has 31 heavy (non-hydrogen) atoms. The van der Waals surface area contributed by atoms with Gasteiger partial charge in [0.2, 0.25) is 5.91 Å². The number of benzene rings is 2. The first-order valence-electron chi connectivity index (χ1n) is 10.4. The molecule has 1 N–H and O–H groups in total. The number of nitrogens with one attached hydrogen (secondary N) is 1. The van der Waals surface area contributed by atoms with Crippen LogP contribution in [-0.2, 0) is 24.3 Å². The maximum atomic E-state index is 12.8. The van der Waals surface area contributed by atoms with Crippen molar-refractivity contribution in [3.8, 4) is 0 Å². The predicted octanol–water partition coefficient (Wildman–Crippen LogP) is 2.70. The van der Waals surface area contributed by atoms with E-state index in [9.17, 15) is 9.59 Å². The van der Waals surface area contributed by atoms with Crippen molar-refractivity contribution in [3.63, 3.8) is 0 Å². The molecule has 2 aromatic carbocycles. The molecule has 0 aliphatic carbocycles. The minimum absolute atomic E-state index is 0.00581. The monoisotopic (exact) mass is 415 g/mol. The maximum Gasteiger partial charge on any atom is 0.264 e. The zero-order chi connectivity index (χ0) is 21.6. The van der Waals surface area contributed by atoms with E-state index < -0.39 is 0 Å². The Bertz CT molecular complexity index is 1230. The number of nitrogens with zero attached hydrogens (tertiary/aromatic N) is 4. The standard InChI is InChI=1S/C24H25N5O2/c1-18-7-9-20(10-8-18)16-28-17-26-23-21(24(28)31)15-27-29(23)14-13-25-22(30)12-11-19-5-3-2-4-6-19/h2-10,15,17H,11-14,16H2,1H3,(H,25,30). The molecular formula is C24H25N5O2. The van der Waals surface area contributed by atoms with Gasteiger partial charge in [-0.25, -0.2) is 9.67 Å². The Hall–Kier alpha value is -3.74. The second kappa shape index (κ2) is 9.38. The molecule has 0 spiro atoms. The van der Waals surface area contributed by atoms with Gasteiger partial charge in [0.15, 0.2) is 5.65 Å². The summed E-state index contributed by atoms with van der Waals surface area (Å²) in [7, 11) is 0. The summed E-state index contributed by atoms with van der Waals surface area (Å²) >= 11 is 0. The first-order chi connectivity index (χ1) is 15.1. The highest BCUT2D eigenvalue weighted by molar-refractivity contribution is 5.76. The molecule has 0 aliphatic heterocycles. The molecule has 2 heterocycles. The van der Waals surface area contributed by atoms with Gasteiger partial charge in [0.05, 0.1) is 19.3 Å². The second-order valence-electron chi connectivity index (χ2n) is 7.60. The number of hydrogen-bond donors (Lipinski definition) is 1. The normalized spacial score (nSPS) is 11.0. The van der Waals surface area contributed by atoms with E-state index in [0.29, 0.717) is 43.5 Å². The van der Waals surface area contributed by atoms with E-state index >= 15 is 0 Å². The van der Waals surface area contributed by atoms with Gasteiger partial charge in [-0.2, -0.15) is 5.10 Å². The average Bonchev–Trinajstić information content (AvgIpc) is 3.20. The SMILES string of the molecule is Cc1ccc(Cn2cnc3c(cnn3CCNC(=O)CCc3ccccc3)c2=O)cc1. The van der Waals surface area contributed by atoms with E-state index in [4.69, 9.17) is 0 Å². The molecule has 0 saturated heterocycles. The molecule has 0 bridgehead atoms. The van der Waals surface area contributed by atoms with Crippen LogP contribution in [0.15, 0.2) is 71.9 Å². The molecule has 0 atom stereocenters. The van der Waals surface area contributed by atoms with Gasteiger partial charge in [-0.1, -0.05) is 60.2 Å². The lowest BCUT2D eigenvalue weighted by molar-refractivity contribution is -0.121. The largest absolute Gasteiger partial charge is 0.354 e. The van der Waals surface area contributed by atoms with E-state index in [1.165, 1.54) is 5.56 Å². The average molecular weight is 415 g/mol. The second-order valence-corrected chi connectivity index (χ2v) is 7.60. The number of amides is 1. The summed E-state index contributed by atoms with van der Waals surface area (Å²) in [6.45, 7) is 3.38. The molecule has 0 aliphatic rings. The minimum atomic E-state index is -0.122.